The number of aromatic nitrogens is 6. The van der Waals surface area contributed by atoms with E-state index in [1.807, 2.05) is 25.1 Å². The van der Waals surface area contributed by atoms with Crippen molar-refractivity contribution in [3.05, 3.63) is 297 Å². The summed E-state index contributed by atoms with van der Waals surface area (Å²) in [4.78, 5) is 84.5. The molecule has 0 fully saturated rings. The highest BCUT2D eigenvalue weighted by Gasteiger charge is 2.35. The van der Waals surface area contributed by atoms with E-state index in [-0.39, 0.29) is 98.3 Å². The fraction of sp³-hybridized carbons (Fsp3) is 0.167. The first-order valence-electron chi connectivity index (χ1n) is 37.5. The molecule has 4 aliphatic heterocycles. The summed E-state index contributed by atoms with van der Waals surface area (Å²) in [6.07, 6.45) is 9.92. The molecule has 0 saturated carbocycles. The summed E-state index contributed by atoms with van der Waals surface area (Å²) in [5.74, 6) is 0.00458. The van der Waals surface area contributed by atoms with Crippen LogP contribution in [0.15, 0.2) is 221 Å². The second-order valence-electron chi connectivity index (χ2n) is 28.0. The number of aryl methyl sites for hydroxylation is 6. The second kappa shape index (κ2) is 38.7. The van der Waals surface area contributed by atoms with Gasteiger partial charge in [0.05, 0.1) is 105 Å². The van der Waals surface area contributed by atoms with E-state index in [9.17, 15) is 52.8 Å². The standard InChI is InChI=1S/C22H19Cl2N3O4S.C21H18Cl2N4O3S.C21H17Cl2N3O4S.C20H16Cl2N4O4S/c1-13-3-6-20-19(9-13)27(7-8-31-20)22(28)21-18(11-15(23)12-25-21)26-32(29,30)16-4-5-17(24)14(2)10-16;1-13-10-15(6-7-16(13)23)31(29,30)26-18-11-14(22)12-25-20(18)21(28)27-9-3-4-17-19(27)5-2-8-24-17;1-13-10-15(6-7-16(13)23)31(28,29)25-17-11-14(22)12-24-20(17)21(27)26-8-9-30-19-5-3-2-4-18(19)26;1-12-9-14(4-5-15(12)22)31(28,29)25-16-10-13(21)11-24-18(16)20(27)26-7-8-30-17-3-2-6-23-19(17)26/h3-6,9-12,26H,7-8H2,1-2H3;2,5-8,10-12,26H,3-4,9H2,1H3;2-7,10-12,25H,8-9H2,1H3;2-6,9-11,25H,7-8H2,1H3. The third-order valence-corrected chi connectivity index (χ3v) is 27.2. The van der Waals surface area contributed by atoms with Crippen LogP contribution in [-0.4, -0.2) is 133 Å². The molecule has 0 aliphatic carbocycles. The first-order chi connectivity index (χ1) is 59.4. The Hall–Kier alpha value is -11.2. The van der Waals surface area contributed by atoms with E-state index in [1.165, 1.54) is 143 Å². The molecule has 4 N–H and O–H groups in total. The lowest BCUT2D eigenvalue weighted by Gasteiger charge is -2.30. The van der Waals surface area contributed by atoms with Gasteiger partial charge in [-0.3, -0.25) is 48.0 Å². The zero-order valence-corrected chi connectivity index (χ0v) is 75.5. The number of amides is 4. The largest absolute Gasteiger partial charge is 0.490 e. The van der Waals surface area contributed by atoms with Gasteiger partial charge in [0.15, 0.2) is 34.3 Å². The number of nitrogens with one attached hydrogen (secondary N) is 4. The predicted molar refractivity (Wildman–Crippen MR) is 483 cm³/mol. The number of rotatable bonds is 16. The molecule has 0 radical (unpaired) electrons. The molecule has 0 unspecified atom stereocenters. The summed E-state index contributed by atoms with van der Waals surface area (Å²) < 4.78 is 130. The Morgan fingerprint density at radius 3 is 1.07 bits per heavy atom. The number of nitrogens with zero attached hydrogens (tertiary/aromatic N) is 10. The fourth-order valence-electron chi connectivity index (χ4n) is 13.0. The Kier molecular flexibility index (Phi) is 28.4. The smallest absolute Gasteiger partial charge is 0.280 e. The number of carbonyl (C=O) groups excluding carboxylic acids is 4. The van der Waals surface area contributed by atoms with Crippen molar-refractivity contribution >= 4 is 202 Å². The molecule has 29 nitrogen and oxygen atoms in total. The molecule has 41 heteroatoms. The number of sulfonamides is 4. The van der Waals surface area contributed by atoms with E-state index in [4.69, 9.17) is 107 Å². The predicted octanol–water partition coefficient (Wildman–Crippen LogP) is 17.8. The number of halogens is 8. The minimum absolute atomic E-state index is 0.00103. The molecular formula is C84H70Cl8N14O15S4. The zero-order chi connectivity index (χ0) is 89.6. The summed E-state index contributed by atoms with van der Waals surface area (Å²) >= 11 is 48.2. The Morgan fingerprint density at radius 1 is 0.336 bits per heavy atom. The zero-order valence-electron chi connectivity index (χ0n) is 66.2. The van der Waals surface area contributed by atoms with Crippen molar-refractivity contribution in [2.24, 2.45) is 0 Å². The maximum atomic E-state index is 13.4. The summed E-state index contributed by atoms with van der Waals surface area (Å²) in [6.45, 7) is 10.9. The van der Waals surface area contributed by atoms with Gasteiger partial charge in [0.25, 0.3) is 63.7 Å². The molecular weight excluding hydrogens is 1860 g/mol. The third-order valence-electron chi connectivity index (χ3n) is 19.2. The molecule has 0 saturated heterocycles. The molecule has 4 amide bonds. The molecule has 0 bridgehead atoms. The monoisotopic (exact) mass is 1920 g/mol. The van der Waals surface area contributed by atoms with E-state index in [2.05, 4.69) is 48.8 Å². The summed E-state index contributed by atoms with van der Waals surface area (Å²) in [7, 11) is -16.1. The van der Waals surface area contributed by atoms with E-state index < -0.39 is 63.7 Å². The van der Waals surface area contributed by atoms with Crippen molar-refractivity contribution in [2.45, 2.75) is 67.0 Å². The number of ether oxygens (including phenoxy) is 3. The summed E-state index contributed by atoms with van der Waals surface area (Å²) in [6, 6.07) is 42.3. The molecule has 0 atom stereocenters. The van der Waals surface area contributed by atoms with Gasteiger partial charge in [0, 0.05) is 63.8 Å². The summed E-state index contributed by atoms with van der Waals surface area (Å²) in [5, 5.41) is 2.53. The topological polar surface area (TPSA) is 371 Å². The molecule has 6 aromatic carbocycles. The quantitative estimate of drug-likeness (QED) is 0.0698. The van der Waals surface area contributed by atoms with Gasteiger partial charge in [0.2, 0.25) is 0 Å². The van der Waals surface area contributed by atoms with Gasteiger partial charge in [-0.05, 0) is 221 Å². The van der Waals surface area contributed by atoms with Gasteiger partial charge >= 0.3 is 0 Å². The Labute approximate surface area is 759 Å². The van der Waals surface area contributed by atoms with E-state index in [0.717, 1.165) is 24.1 Å². The van der Waals surface area contributed by atoms with Crippen LogP contribution >= 0.6 is 92.8 Å². The highest BCUT2D eigenvalue weighted by molar-refractivity contribution is 7.93. The normalized spacial score (nSPS) is 13.4. The number of hydrogen-bond donors (Lipinski definition) is 4. The molecule has 16 rings (SSSR count). The number of para-hydroxylation sites is 2. The number of anilines is 8. The average molecular weight is 1930 g/mol. The van der Waals surface area contributed by atoms with Gasteiger partial charge < -0.3 is 28.9 Å². The van der Waals surface area contributed by atoms with Crippen molar-refractivity contribution in [1.29, 1.82) is 0 Å². The first kappa shape index (κ1) is 91.5. The Balaban J connectivity index is 0.000000143. The van der Waals surface area contributed by atoms with Crippen LogP contribution in [0.3, 0.4) is 0 Å². The fourth-order valence-corrected chi connectivity index (χ4v) is 18.7. The van der Waals surface area contributed by atoms with Crippen LogP contribution in [0.2, 0.25) is 40.2 Å². The van der Waals surface area contributed by atoms with Crippen LogP contribution in [0.25, 0.3) is 0 Å². The van der Waals surface area contributed by atoms with Crippen LogP contribution in [0.5, 0.6) is 17.2 Å². The average Bonchev–Trinajstić information content (AvgIpc) is 0.789. The lowest BCUT2D eigenvalue weighted by molar-refractivity contribution is 0.0964. The maximum absolute atomic E-state index is 13.4. The molecule has 125 heavy (non-hydrogen) atoms. The number of benzene rings is 6. The number of fused-ring (bicyclic) bond motifs is 4. The van der Waals surface area contributed by atoms with E-state index in [1.54, 1.807) is 87.3 Å². The van der Waals surface area contributed by atoms with Gasteiger partial charge in [0.1, 0.15) is 31.3 Å². The van der Waals surface area contributed by atoms with Crippen LogP contribution in [0.4, 0.5) is 45.6 Å². The molecule has 10 heterocycles. The van der Waals surface area contributed by atoms with Crippen LogP contribution < -0.4 is 52.7 Å². The van der Waals surface area contributed by atoms with Crippen molar-refractivity contribution in [1.82, 2.24) is 29.9 Å². The molecule has 6 aromatic heterocycles. The van der Waals surface area contributed by atoms with Crippen LogP contribution in [0.1, 0.15) is 81.9 Å². The van der Waals surface area contributed by atoms with Gasteiger partial charge in [-0.25, -0.2) is 58.6 Å². The van der Waals surface area contributed by atoms with Crippen molar-refractivity contribution < 1.29 is 67.1 Å². The van der Waals surface area contributed by atoms with Gasteiger partial charge in [-0.15, -0.1) is 0 Å². The molecule has 4 aliphatic rings. The molecule has 646 valence electrons. The van der Waals surface area contributed by atoms with Gasteiger partial charge in [-0.2, -0.15) is 0 Å². The van der Waals surface area contributed by atoms with Gasteiger partial charge in [-0.1, -0.05) is 111 Å². The highest BCUT2D eigenvalue weighted by atomic mass is 35.5. The number of pyridine rings is 6. The van der Waals surface area contributed by atoms with E-state index in [0.29, 0.717) is 115 Å². The SMILES string of the molecule is Cc1cc(S(=O)(=O)Nc2cc(Cl)cnc2C(=O)N2CCCc3ncccc32)ccc1Cl.Cc1cc(S(=O)(=O)Nc2cc(Cl)cnc2C(=O)N2CCOc3ccccc32)ccc1Cl.Cc1cc(S(=O)(=O)Nc2cc(Cl)cnc2C(=O)N2CCOc3cccnc32)ccc1Cl.Cc1ccc2c(c1)N(C(=O)c1ncc(Cl)cc1NS(=O)(=O)c1ccc(Cl)c(C)c1)CCO2. The highest BCUT2D eigenvalue weighted by Crippen LogP contribution is 2.40. The second-order valence-corrected chi connectivity index (χ2v) is 38.1. The Morgan fingerprint density at radius 2 is 0.664 bits per heavy atom. The third kappa shape index (κ3) is 21.3. The number of hydrogen-bond acceptors (Lipinski definition) is 21. The van der Waals surface area contributed by atoms with Crippen molar-refractivity contribution in [2.75, 3.05) is 84.5 Å². The minimum Gasteiger partial charge on any atom is -0.490 e. The molecule has 12 aromatic rings. The maximum Gasteiger partial charge on any atom is 0.280 e. The van der Waals surface area contributed by atoms with Crippen LogP contribution in [0, 0.1) is 34.6 Å². The lowest BCUT2D eigenvalue weighted by atomic mass is 10.1. The van der Waals surface area contributed by atoms with Crippen LogP contribution in [-0.2, 0) is 46.5 Å². The van der Waals surface area contributed by atoms with E-state index >= 15 is 0 Å². The Bertz CT molecular complexity index is 6300. The van der Waals surface area contributed by atoms with Crippen molar-refractivity contribution in [3.8, 4) is 17.2 Å². The summed E-state index contributed by atoms with van der Waals surface area (Å²) in [5.41, 5.74) is 5.68. The first-order valence-corrected chi connectivity index (χ1v) is 46.4. The minimum atomic E-state index is -4.03. The number of carbonyl (C=O) groups is 4. The lowest BCUT2D eigenvalue weighted by Crippen LogP contribution is -2.39. The van der Waals surface area contributed by atoms with Crippen molar-refractivity contribution in [3.63, 3.8) is 0 Å². The molecule has 0 spiro atoms.